The SMILES string of the molecule is Cc1cc(C)c(C(C)CC(=O)CC(C)c2oc(C)cc2C)o1. The summed E-state index contributed by atoms with van der Waals surface area (Å²) < 4.78 is 11.4. The van der Waals surface area contributed by atoms with Crippen molar-refractivity contribution >= 4 is 5.78 Å². The smallest absolute Gasteiger partial charge is 0.134 e. The Balaban J connectivity index is 1.98. The predicted octanol–water partition coefficient (Wildman–Crippen LogP) is 5.36. The minimum absolute atomic E-state index is 0.118. The zero-order valence-electron chi connectivity index (χ0n) is 14.4. The van der Waals surface area contributed by atoms with Crippen LogP contribution in [0.2, 0.25) is 0 Å². The van der Waals surface area contributed by atoms with Gasteiger partial charge in [-0.3, -0.25) is 4.79 Å². The maximum atomic E-state index is 12.4. The topological polar surface area (TPSA) is 43.4 Å². The van der Waals surface area contributed by atoms with Crippen molar-refractivity contribution in [3.05, 3.63) is 46.3 Å². The van der Waals surface area contributed by atoms with Crippen LogP contribution in [-0.4, -0.2) is 5.78 Å². The molecule has 2 heterocycles. The number of hydrogen-bond acceptors (Lipinski definition) is 3. The number of carbonyl (C=O) groups excluding carboxylic acids is 1. The summed E-state index contributed by atoms with van der Waals surface area (Å²) in [7, 11) is 0. The molecule has 0 aliphatic carbocycles. The van der Waals surface area contributed by atoms with Crippen LogP contribution < -0.4 is 0 Å². The summed E-state index contributed by atoms with van der Waals surface area (Å²) in [5.74, 6) is 4.17. The van der Waals surface area contributed by atoms with Crippen LogP contribution in [0.5, 0.6) is 0 Å². The van der Waals surface area contributed by atoms with Gasteiger partial charge in [0.05, 0.1) is 0 Å². The largest absolute Gasteiger partial charge is 0.466 e. The molecule has 0 fully saturated rings. The van der Waals surface area contributed by atoms with Crippen molar-refractivity contribution in [2.24, 2.45) is 0 Å². The maximum Gasteiger partial charge on any atom is 0.134 e. The van der Waals surface area contributed by atoms with Gasteiger partial charge in [-0.25, -0.2) is 0 Å². The molecule has 0 spiro atoms. The lowest BCUT2D eigenvalue weighted by atomic mass is 9.93. The van der Waals surface area contributed by atoms with Crippen LogP contribution in [0.4, 0.5) is 0 Å². The lowest BCUT2D eigenvalue weighted by molar-refractivity contribution is -0.119. The van der Waals surface area contributed by atoms with Crippen LogP contribution in [0.3, 0.4) is 0 Å². The molecule has 3 heteroatoms. The number of carbonyl (C=O) groups is 1. The molecule has 0 radical (unpaired) electrons. The molecular weight excluding hydrogens is 276 g/mol. The van der Waals surface area contributed by atoms with Crippen molar-refractivity contribution in [3.8, 4) is 0 Å². The van der Waals surface area contributed by atoms with Crippen molar-refractivity contribution in [1.82, 2.24) is 0 Å². The second-order valence-electron chi connectivity index (χ2n) is 6.56. The first-order valence-corrected chi connectivity index (χ1v) is 7.93. The number of furan rings is 2. The third-order valence-electron chi connectivity index (χ3n) is 4.12. The van der Waals surface area contributed by atoms with Gasteiger partial charge in [0.15, 0.2) is 0 Å². The molecule has 0 N–H and O–H groups in total. The number of ketones is 1. The molecule has 2 aromatic rings. The number of rotatable bonds is 6. The van der Waals surface area contributed by atoms with Crippen LogP contribution in [0.15, 0.2) is 21.0 Å². The average Bonchev–Trinajstić information content (AvgIpc) is 2.91. The third-order valence-corrected chi connectivity index (χ3v) is 4.12. The molecule has 22 heavy (non-hydrogen) atoms. The Morgan fingerprint density at radius 3 is 1.50 bits per heavy atom. The highest BCUT2D eigenvalue weighted by atomic mass is 16.3. The Kier molecular flexibility index (Phi) is 4.94. The van der Waals surface area contributed by atoms with Gasteiger partial charge in [0, 0.05) is 24.7 Å². The fraction of sp³-hybridized carbons (Fsp3) is 0.526. The van der Waals surface area contributed by atoms with Gasteiger partial charge < -0.3 is 8.83 Å². The lowest BCUT2D eigenvalue weighted by Gasteiger charge is -2.12. The third kappa shape index (κ3) is 3.70. The summed E-state index contributed by atoms with van der Waals surface area (Å²) in [5.41, 5.74) is 2.26. The van der Waals surface area contributed by atoms with E-state index in [9.17, 15) is 4.79 Å². The number of aryl methyl sites for hydroxylation is 4. The second kappa shape index (κ2) is 6.55. The van der Waals surface area contributed by atoms with E-state index in [1.165, 1.54) is 0 Å². The van der Waals surface area contributed by atoms with E-state index in [0.717, 1.165) is 34.2 Å². The quantitative estimate of drug-likeness (QED) is 0.721. The molecule has 0 bridgehead atoms. The maximum absolute atomic E-state index is 12.4. The molecule has 2 atom stereocenters. The summed E-state index contributed by atoms with van der Waals surface area (Å²) in [5, 5.41) is 0. The summed E-state index contributed by atoms with van der Waals surface area (Å²) in [6.45, 7) is 12.0. The molecule has 3 nitrogen and oxygen atoms in total. The molecule has 0 aromatic carbocycles. The van der Waals surface area contributed by atoms with Crippen molar-refractivity contribution in [2.45, 2.75) is 66.2 Å². The van der Waals surface area contributed by atoms with E-state index >= 15 is 0 Å². The molecule has 0 saturated carbocycles. The first-order chi connectivity index (χ1) is 10.3. The fourth-order valence-corrected chi connectivity index (χ4v) is 3.25. The van der Waals surface area contributed by atoms with E-state index in [4.69, 9.17) is 8.83 Å². The summed E-state index contributed by atoms with van der Waals surface area (Å²) in [6, 6.07) is 4.04. The monoisotopic (exact) mass is 302 g/mol. The van der Waals surface area contributed by atoms with Gasteiger partial charge in [0.1, 0.15) is 28.8 Å². The van der Waals surface area contributed by atoms with E-state index in [1.54, 1.807) is 0 Å². The van der Waals surface area contributed by atoms with Crippen LogP contribution in [0.25, 0.3) is 0 Å². The van der Waals surface area contributed by atoms with Gasteiger partial charge in [-0.05, 0) is 51.0 Å². The minimum atomic E-state index is 0.118. The predicted molar refractivity (Wildman–Crippen MR) is 87.4 cm³/mol. The van der Waals surface area contributed by atoms with E-state index in [2.05, 4.69) is 13.8 Å². The summed E-state index contributed by atoms with van der Waals surface area (Å²) >= 11 is 0. The lowest BCUT2D eigenvalue weighted by Crippen LogP contribution is -2.08. The zero-order valence-corrected chi connectivity index (χ0v) is 14.4. The number of Topliss-reactive ketones (excluding diaryl/α,β-unsaturated/α-hetero) is 1. The number of hydrogen-bond donors (Lipinski definition) is 0. The minimum Gasteiger partial charge on any atom is -0.466 e. The highest BCUT2D eigenvalue weighted by molar-refractivity contribution is 5.80. The highest BCUT2D eigenvalue weighted by Gasteiger charge is 2.21. The molecule has 2 rings (SSSR count). The molecule has 0 amide bonds. The van der Waals surface area contributed by atoms with Gasteiger partial charge in [-0.15, -0.1) is 0 Å². The van der Waals surface area contributed by atoms with Gasteiger partial charge in [0.2, 0.25) is 0 Å². The normalized spacial score (nSPS) is 14.1. The Hall–Kier alpha value is -1.77. The molecular formula is C19H26O3. The summed E-state index contributed by atoms with van der Waals surface area (Å²) in [4.78, 5) is 12.4. The van der Waals surface area contributed by atoms with Crippen LogP contribution in [0.1, 0.15) is 72.7 Å². The van der Waals surface area contributed by atoms with Crippen LogP contribution in [-0.2, 0) is 4.79 Å². The Labute approximate surface area is 132 Å². The molecule has 0 aliphatic heterocycles. The molecule has 0 aliphatic rings. The van der Waals surface area contributed by atoms with Gasteiger partial charge in [0.25, 0.3) is 0 Å². The van der Waals surface area contributed by atoms with Crippen molar-refractivity contribution in [3.63, 3.8) is 0 Å². The van der Waals surface area contributed by atoms with Gasteiger partial charge in [-0.1, -0.05) is 13.8 Å². The zero-order chi connectivity index (χ0) is 16.4. The highest BCUT2D eigenvalue weighted by Crippen LogP contribution is 2.30. The molecule has 120 valence electrons. The molecule has 2 unspecified atom stereocenters. The van der Waals surface area contributed by atoms with Crippen LogP contribution >= 0.6 is 0 Å². The Bertz CT molecular complexity index is 604. The van der Waals surface area contributed by atoms with Crippen molar-refractivity contribution in [1.29, 1.82) is 0 Å². The molecule has 0 saturated heterocycles. The molecule has 2 aromatic heterocycles. The van der Waals surface area contributed by atoms with E-state index < -0.39 is 0 Å². The van der Waals surface area contributed by atoms with Crippen molar-refractivity contribution < 1.29 is 13.6 Å². The van der Waals surface area contributed by atoms with Crippen molar-refractivity contribution in [2.75, 3.05) is 0 Å². The Morgan fingerprint density at radius 2 is 1.23 bits per heavy atom. The average molecular weight is 302 g/mol. The summed E-state index contributed by atoms with van der Waals surface area (Å²) in [6.07, 6.45) is 1.02. The van der Waals surface area contributed by atoms with Gasteiger partial charge >= 0.3 is 0 Å². The van der Waals surface area contributed by atoms with E-state index in [-0.39, 0.29) is 17.6 Å². The van der Waals surface area contributed by atoms with Crippen LogP contribution in [0, 0.1) is 27.7 Å². The fourth-order valence-electron chi connectivity index (χ4n) is 3.25. The Morgan fingerprint density at radius 1 is 0.864 bits per heavy atom. The van der Waals surface area contributed by atoms with E-state index in [0.29, 0.717) is 12.8 Å². The first-order valence-electron chi connectivity index (χ1n) is 7.93. The standard InChI is InChI=1S/C19H26O3/c1-11-7-15(5)21-18(11)13(3)9-17(20)10-14(4)19-12(2)8-16(6)22-19/h7-8,13-14H,9-10H2,1-6H3. The van der Waals surface area contributed by atoms with E-state index in [1.807, 2.05) is 39.8 Å². The second-order valence-corrected chi connectivity index (χ2v) is 6.56. The first kappa shape index (κ1) is 16.6. The van der Waals surface area contributed by atoms with Gasteiger partial charge in [-0.2, -0.15) is 0 Å².